The molecule has 3 aromatic rings. The van der Waals surface area contributed by atoms with Gasteiger partial charge in [0, 0.05) is 36.6 Å². The fourth-order valence-corrected chi connectivity index (χ4v) is 2.84. The number of nitrogens with zero attached hydrogens (tertiary/aromatic N) is 2. The molecule has 5 nitrogen and oxygen atoms in total. The predicted octanol–water partition coefficient (Wildman–Crippen LogP) is 5.61. The minimum absolute atomic E-state index is 0.160. The van der Waals surface area contributed by atoms with Gasteiger partial charge in [-0.1, -0.05) is 23.2 Å². The summed E-state index contributed by atoms with van der Waals surface area (Å²) in [4.78, 5) is 18.3. The van der Waals surface area contributed by atoms with Crippen LogP contribution in [0.5, 0.6) is 17.2 Å². The number of rotatable bonds is 5. The van der Waals surface area contributed by atoms with E-state index in [1.165, 1.54) is 61.8 Å². The molecule has 0 radical (unpaired) electrons. The van der Waals surface area contributed by atoms with Crippen molar-refractivity contribution in [1.29, 1.82) is 0 Å². The second-order valence-electron chi connectivity index (χ2n) is 5.73. The molecule has 0 saturated carbocycles. The monoisotopic (exact) mass is 420 g/mol. The first kappa shape index (κ1) is 19.9. The Bertz CT molecular complexity index is 1030. The lowest BCUT2D eigenvalue weighted by atomic mass is 10.2. The maximum Gasteiger partial charge on any atom is 0.263 e. The van der Waals surface area contributed by atoms with Crippen LogP contribution in [0.4, 0.5) is 10.1 Å². The van der Waals surface area contributed by atoms with Crippen LogP contribution in [-0.2, 0) is 0 Å². The van der Waals surface area contributed by atoms with Crippen LogP contribution in [0.2, 0.25) is 10.0 Å². The number of carbonyl (C=O) groups excluding carboxylic acids is 1. The highest BCUT2D eigenvalue weighted by Crippen LogP contribution is 2.35. The molecular formula is C20H15Cl2FN2O3. The van der Waals surface area contributed by atoms with E-state index in [1.807, 2.05) is 0 Å². The van der Waals surface area contributed by atoms with Crippen molar-refractivity contribution in [2.45, 2.75) is 0 Å². The maximum absolute atomic E-state index is 13.7. The molecule has 0 aliphatic rings. The Morgan fingerprint density at radius 3 is 2.61 bits per heavy atom. The van der Waals surface area contributed by atoms with E-state index in [0.717, 1.165) is 0 Å². The molecule has 0 atom stereocenters. The van der Waals surface area contributed by atoms with E-state index < -0.39 is 11.7 Å². The second-order valence-corrected chi connectivity index (χ2v) is 6.57. The topological polar surface area (TPSA) is 51.7 Å². The van der Waals surface area contributed by atoms with Gasteiger partial charge in [-0.25, -0.2) is 4.39 Å². The van der Waals surface area contributed by atoms with Gasteiger partial charge in [-0.3, -0.25) is 9.78 Å². The van der Waals surface area contributed by atoms with E-state index in [-0.39, 0.29) is 17.0 Å². The van der Waals surface area contributed by atoms with Crippen LogP contribution in [0.25, 0.3) is 0 Å². The normalized spacial score (nSPS) is 10.5. The molecule has 0 N–H and O–H groups in total. The van der Waals surface area contributed by atoms with E-state index >= 15 is 0 Å². The molecule has 0 aliphatic heterocycles. The third-order valence-corrected chi connectivity index (χ3v) is 4.48. The Kier molecular flexibility index (Phi) is 6.02. The zero-order valence-corrected chi connectivity index (χ0v) is 16.5. The minimum Gasteiger partial charge on any atom is -0.495 e. The van der Waals surface area contributed by atoms with E-state index in [9.17, 15) is 9.18 Å². The summed E-state index contributed by atoms with van der Waals surface area (Å²) in [6.45, 7) is 0. The Morgan fingerprint density at radius 2 is 1.86 bits per heavy atom. The Labute approximate surface area is 171 Å². The molecule has 3 rings (SSSR count). The van der Waals surface area contributed by atoms with Crippen LogP contribution >= 0.6 is 23.2 Å². The molecule has 28 heavy (non-hydrogen) atoms. The van der Waals surface area contributed by atoms with Gasteiger partial charge in [-0.2, -0.15) is 0 Å². The van der Waals surface area contributed by atoms with Gasteiger partial charge in [-0.15, -0.1) is 0 Å². The first-order valence-corrected chi connectivity index (χ1v) is 8.85. The van der Waals surface area contributed by atoms with Crippen LogP contribution in [0.3, 0.4) is 0 Å². The summed E-state index contributed by atoms with van der Waals surface area (Å²) in [6.07, 6.45) is 2.84. The number of anilines is 1. The lowest BCUT2D eigenvalue weighted by molar-refractivity contribution is 0.0989. The van der Waals surface area contributed by atoms with Gasteiger partial charge in [0.25, 0.3) is 5.91 Å². The zero-order chi connectivity index (χ0) is 20.3. The van der Waals surface area contributed by atoms with Gasteiger partial charge >= 0.3 is 0 Å². The molecule has 0 unspecified atom stereocenters. The number of carbonyl (C=O) groups is 1. The first-order chi connectivity index (χ1) is 13.4. The number of hydrogen-bond donors (Lipinski definition) is 0. The molecule has 1 heterocycles. The third kappa shape index (κ3) is 4.18. The summed E-state index contributed by atoms with van der Waals surface area (Å²) in [7, 11) is 2.94. The second kappa shape index (κ2) is 8.46. The number of benzene rings is 2. The smallest absolute Gasteiger partial charge is 0.263 e. The molecule has 1 amide bonds. The summed E-state index contributed by atoms with van der Waals surface area (Å²) in [5.74, 6) is -0.0951. The van der Waals surface area contributed by atoms with Crippen LogP contribution in [0.1, 0.15) is 10.4 Å². The average Bonchev–Trinajstić information content (AvgIpc) is 2.70. The SMILES string of the molecule is COc1ccc(F)cc1N(C)C(=O)c1cnccc1Oc1cc(Cl)ccc1Cl. The van der Waals surface area contributed by atoms with Crippen molar-refractivity contribution in [2.75, 3.05) is 19.1 Å². The minimum atomic E-state index is -0.496. The lowest BCUT2D eigenvalue weighted by Gasteiger charge is -2.21. The number of methoxy groups -OCH3 is 1. The summed E-state index contributed by atoms with van der Waals surface area (Å²) >= 11 is 12.1. The maximum atomic E-state index is 13.7. The largest absolute Gasteiger partial charge is 0.495 e. The number of ether oxygens (including phenoxy) is 2. The van der Waals surface area contributed by atoms with Crippen molar-refractivity contribution < 1.29 is 18.7 Å². The van der Waals surface area contributed by atoms with Gasteiger partial charge < -0.3 is 14.4 Å². The Hall–Kier alpha value is -2.83. The third-order valence-electron chi connectivity index (χ3n) is 3.93. The van der Waals surface area contributed by atoms with Crippen molar-refractivity contribution in [3.63, 3.8) is 0 Å². The van der Waals surface area contributed by atoms with Crippen LogP contribution in [0.15, 0.2) is 54.9 Å². The molecule has 0 aliphatic carbocycles. The molecule has 144 valence electrons. The number of aromatic nitrogens is 1. The molecule has 1 aromatic heterocycles. The van der Waals surface area contributed by atoms with Crippen molar-refractivity contribution in [3.8, 4) is 17.2 Å². The number of amides is 1. The molecule has 0 spiro atoms. The van der Waals surface area contributed by atoms with E-state index in [0.29, 0.717) is 21.5 Å². The van der Waals surface area contributed by atoms with Gasteiger partial charge in [0.05, 0.1) is 17.8 Å². The summed E-state index contributed by atoms with van der Waals surface area (Å²) in [5, 5.41) is 0.766. The average molecular weight is 421 g/mol. The zero-order valence-electron chi connectivity index (χ0n) is 14.9. The number of halogens is 3. The summed E-state index contributed by atoms with van der Waals surface area (Å²) in [6, 6.07) is 10.2. The number of pyridine rings is 1. The Balaban J connectivity index is 1.97. The highest BCUT2D eigenvalue weighted by Gasteiger charge is 2.22. The Morgan fingerprint density at radius 1 is 1.07 bits per heavy atom. The van der Waals surface area contributed by atoms with Crippen molar-refractivity contribution in [1.82, 2.24) is 4.98 Å². The highest BCUT2D eigenvalue weighted by atomic mass is 35.5. The van der Waals surface area contributed by atoms with Crippen LogP contribution in [0, 0.1) is 5.82 Å². The van der Waals surface area contributed by atoms with E-state index in [2.05, 4.69) is 4.98 Å². The van der Waals surface area contributed by atoms with Crippen molar-refractivity contribution >= 4 is 34.8 Å². The van der Waals surface area contributed by atoms with Crippen molar-refractivity contribution in [3.05, 3.63) is 76.3 Å². The highest BCUT2D eigenvalue weighted by molar-refractivity contribution is 6.34. The molecule has 8 heteroatoms. The van der Waals surface area contributed by atoms with Gasteiger partial charge in [0.2, 0.25) is 0 Å². The molecule has 0 bridgehead atoms. The molecule has 2 aromatic carbocycles. The van der Waals surface area contributed by atoms with Gasteiger partial charge in [0.15, 0.2) is 0 Å². The van der Waals surface area contributed by atoms with Gasteiger partial charge in [0.1, 0.15) is 28.6 Å². The summed E-state index contributed by atoms with van der Waals surface area (Å²) < 4.78 is 24.7. The van der Waals surface area contributed by atoms with E-state index in [4.69, 9.17) is 32.7 Å². The quantitative estimate of drug-likeness (QED) is 0.538. The van der Waals surface area contributed by atoms with E-state index in [1.54, 1.807) is 12.1 Å². The standard InChI is InChI=1S/C20H15Cl2FN2O3/c1-25(16-10-13(23)4-6-18(16)27-2)20(26)14-11-24-8-7-17(14)28-19-9-12(21)3-5-15(19)22/h3-11H,1-2H3. The molecular weight excluding hydrogens is 406 g/mol. The first-order valence-electron chi connectivity index (χ1n) is 8.09. The lowest BCUT2D eigenvalue weighted by Crippen LogP contribution is -2.27. The van der Waals surface area contributed by atoms with Crippen LogP contribution < -0.4 is 14.4 Å². The fourth-order valence-electron chi connectivity index (χ4n) is 2.52. The van der Waals surface area contributed by atoms with Gasteiger partial charge in [-0.05, 0) is 30.3 Å². The molecule has 0 fully saturated rings. The predicted molar refractivity (Wildman–Crippen MR) is 106 cm³/mol. The number of hydrogen-bond acceptors (Lipinski definition) is 4. The fraction of sp³-hybridized carbons (Fsp3) is 0.100. The molecule has 0 saturated heterocycles. The van der Waals surface area contributed by atoms with Crippen LogP contribution in [-0.4, -0.2) is 25.0 Å². The van der Waals surface area contributed by atoms with Crippen molar-refractivity contribution in [2.24, 2.45) is 0 Å². The summed E-state index contributed by atoms with van der Waals surface area (Å²) in [5.41, 5.74) is 0.426.